The van der Waals surface area contributed by atoms with Gasteiger partial charge in [-0.3, -0.25) is 4.79 Å². The Labute approximate surface area is 179 Å². The molecule has 0 aliphatic carbocycles. The van der Waals surface area contributed by atoms with Gasteiger partial charge in [-0.1, -0.05) is 25.1 Å². The molecular weight excluding hydrogens is 372 g/mol. The quantitative estimate of drug-likeness (QED) is 0.619. The SMILES string of the molecule is CCCn1c(C)c(C)c2cc(C(=O)N3CCC3)nc(NCc3c(C)cccc3C)c21. The number of carbonyl (C=O) groups excluding carboxylic acids is 1. The van der Waals surface area contributed by atoms with Gasteiger partial charge in [-0.15, -0.1) is 0 Å². The average molecular weight is 405 g/mol. The third-order valence-corrected chi connectivity index (χ3v) is 6.50. The fourth-order valence-corrected chi connectivity index (χ4v) is 4.38. The molecule has 2 aromatic heterocycles. The summed E-state index contributed by atoms with van der Waals surface area (Å²) in [6, 6.07) is 8.38. The van der Waals surface area contributed by atoms with Gasteiger partial charge < -0.3 is 14.8 Å². The summed E-state index contributed by atoms with van der Waals surface area (Å²) < 4.78 is 2.35. The Morgan fingerprint density at radius 3 is 2.43 bits per heavy atom. The van der Waals surface area contributed by atoms with E-state index >= 15 is 0 Å². The number of carbonyl (C=O) groups is 1. The average Bonchev–Trinajstić information content (AvgIpc) is 2.91. The van der Waals surface area contributed by atoms with Crippen LogP contribution >= 0.6 is 0 Å². The van der Waals surface area contributed by atoms with Crippen LogP contribution in [-0.2, 0) is 13.1 Å². The summed E-state index contributed by atoms with van der Waals surface area (Å²) in [5.74, 6) is 0.849. The van der Waals surface area contributed by atoms with Gasteiger partial charge in [0.25, 0.3) is 5.91 Å². The highest BCUT2D eigenvalue weighted by Gasteiger charge is 2.25. The molecule has 1 aliphatic heterocycles. The van der Waals surface area contributed by atoms with Crippen LogP contribution in [0.5, 0.6) is 0 Å². The van der Waals surface area contributed by atoms with E-state index in [-0.39, 0.29) is 5.91 Å². The Morgan fingerprint density at radius 2 is 1.83 bits per heavy atom. The third-order valence-electron chi connectivity index (χ3n) is 6.50. The van der Waals surface area contributed by atoms with E-state index in [1.807, 2.05) is 11.0 Å². The normalized spacial score (nSPS) is 13.6. The van der Waals surface area contributed by atoms with Crippen LogP contribution in [0.3, 0.4) is 0 Å². The highest BCUT2D eigenvalue weighted by molar-refractivity contribution is 6.01. The number of pyridine rings is 1. The van der Waals surface area contributed by atoms with Gasteiger partial charge in [0, 0.05) is 37.3 Å². The summed E-state index contributed by atoms with van der Waals surface area (Å²) in [6.45, 7) is 14.1. The molecule has 1 saturated heterocycles. The van der Waals surface area contributed by atoms with Crippen molar-refractivity contribution in [2.45, 2.75) is 60.5 Å². The van der Waals surface area contributed by atoms with Crippen molar-refractivity contribution in [2.75, 3.05) is 18.4 Å². The molecular formula is C25H32N4O. The number of aromatic nitrogens is 2. The molecule has 1 fully saturated rings. The minimum atomic E-state index is 0.0403. The third kappa shape index (κ3) is 3.47. The van der Waals surface area contributed by atoms with Crippen LogP contribution in [0.15, 0.2) is 24.3 Å². The number of aryl methyl sites for hydroxylation is 4. The summed E-state index contributed by atoms with van der Waals surface area (Å²) >= 11 is 0. The van der Waals surface area contributed by atoms with Gasteiger partial charge in [0.1, 0.15) is 5.69 Å². The van der Waals surface area contributed by atoms with E-state index in [1.54, 1.807) is 0 Å². The van der Waals surface area contributed by atoms with Crippen molar-refractivity contribution >= 4 is 22.6 Å². The highest BCUT2D eigenvalue weighted by atomic mass is 16.2. The van der Waals surface area contributed by atoms with E-state index in [1.165, 1.54) is 27.9 Å². The zero-order valence-electron chi connectivity index (χ0n) is 18.8. The van der Waals surface area contributed by atoms with Gasteiger partial charge in [0.15, 0.2) is 5.82 Å². The van der Waals surface area contributed by atoms with Crippen LogP contribution in [0.2, 0.25) is 0 Å². The summed E-state index contributed by atoms with van der Waals surface area (Å²) in [4.78, 5) is 19.7. The molecule has 0 unspecified atom stereocenters. The molecule has 0 bridgehead atoms. The van der Waals surface area contributed by atoms with E-state index < -0.39 is 0 Å². The van der Waals surface area contributed by atoms with Crippen molar-refractivity contribution in [3.63, 3.8) is 0 Å². The van der Waals surface area contributed by atoms with Crippen molar-refractivity contribution in [2.24, 2.45) is 0 Å². The molecule has 0 atom stereocenters. The fourth-order valence-electron chi connectivity index (χ4n) is 4.38. The van der Waals surface area contributed by atoms with E-state index in [9.17, 15) is 4.79 Å². The number of nitrogens with zero attached hydrogens (tertiary/aromatic N) is 3. The summed E-state index contributed by atoms with van der Waals surface area (Å²) in [7, 11) is 0. The zero-order chi connectivity index (χ0) is 21.4. The van der Waals surface area contributed by atoms with Crippen molar-refractivity contribution in [3.8, 4) is 0 Å². The minimum Gasteiger partial charge on any atom is -0.364 e. The predicted octanol–water partition coefficient (Wildman–Crippen LogP) is 5.14. The molecule has 0 radical (unpaired) electrons. The smallest absolute Gasteiger partial charge is 0.272 e. The lowest BCUT2D eigenvalue weighted by molar-refractivity contribution is 0.0646. The Hall–Kier alpha value is -2.82. The Bertz CT molecular complexity index is 1090. The molecule has 5 nitrogen and oxygen atoms in total. The lowest BCUT2D eigenvalue weighted by Gasteiger charge is -2.30. The number of anilines is 1. The zero-order valence-corrected chi connectivity index (χ0v) is 18.8. The number of nitrogens with one attached hydrogen (secondary N) is 1. The van der Waals surface area contributed by atoms with Crippen molar-refractivity contribution in [1.82, 2.24) is 14.5 Å². The Morgan fingerprint density at radius 1 is 1.13 bits per heavy atom. The van der Waals surface area contributed by atoms with E-state index in [0.717, 1.165) is 49.2 Å². The molecule has 3 heterocycles. The summed E-state index contributed by atoms with van der Waals surface area (Å²) in [5, 5.41) is 4.72. The highest BCUT2D eigenvalue weighted by Crippen LogP contribution is 2.32. The number of rotatable bonds is 6. The Kier molecular flexibility index (Phi) is 5.54. The molecule has 0 saturated carbocycles. The second-order valence-electron chi connectivity index (χ2n) is 8.48. The lowest BCUT2D eigenvalue weighted by Crippen LogP contribution is -2.42. The number of hydrogen-bond donors (Lipinski definition) is 1. The monoisotopic (exact) mass is 404 g/mol. The topological polar surface area (TPSA) is 50.2 Å². The molecule has 1 aliphatic rings. The van der Waals surface area contributed by atoms with Crippen LogP contribution in [0.1, 0.15) is 58.2 Å². The largest absolute Gasteiger partial charge is 0.364 e. The molecule has 1 N–H and O–H groups in total. The fraction of sp³-hybridized carbons (Fsp3) is 0.440. The van der Waals surface area contributed by atoms with Crippen LogP contribution in [-0.4, -0.2) is 33.4 Å². The lowest BCUT2D eigenvalue weighted by atomic mass is 10.0. The molecule has 5 heteroatoms. The summed E-state index contributed by atoms with van der Waals surface area (Å²) in [6.07, 6.45) is 2.13. The molecule has 4 rings (SSSR count). The van der Waals surface area contributed by atoms with Gasteiger partial charge in [-0.2, -0.15) is 0 Å². The maximum Gasteiger partial charge on any atom is 0.272 e. The second kappa shape index (κ2) is 8.13. The first-order valence-corrected chi connectivity index (χ1v) is 11.0. The first-order valence-electron chi connectivity index (χ1n) is 11.0. The van der Waals surface area contributed by atoms with Crippen LogP contribution in [0.4, 0.5) is 5.82 Å². The van der Waals surface area contributed by atoms with Crippen molar-refractivity contribution < 1.29 is 4.79 Å². The molecule has 1 aromatic carbocycles. The van der Waals surface area contributed by atoms with Gasteiger partial charge >= 0.3 is 0 Å². The minimum absolute atomic E-state index is 0.0403. The van der Waals surface area contributed by atoms with Crippen molar-refractivity contribution in [3.05, 3.63) is 57.9 Å². The molecule has 1 amide bonds. The van der Waals surface area contributed by atoms with Gasteiger partial charge in [-0.05, 0) is 68.9 Å². The number of hydrogen-bond acceptors (Lipinski definition) is 3. The van der Waals surface area contributed by atoms with Gasteiger partial charge in [-0.25, -0.2) is 4.98 Å². The van der Waals surface area contributed by atoms with Crippen LogP contribution in [0, 0.1) is 27.7 Å². The van der Waals surface area contributed by atoms with Gasteiger partial charge in [0.05, 0.1) is 5.52 Å². The maximum atomic E-state index is 13.0. The molecule has 3 aromatic rings. The number of amides is 1. The van der Waals surface area contributed by atoms with Crippen molar-refractivity contribution in [1.29, 1.82) is 0 Å². The van der Waals surface area contributed by atoms with E-state index in [2.05, 4.69) is 62.7 Å². The maximum absolute atomic E-state index is 13.0. The first kappa shape index (κ1) is 20.5. The number of fused-ring (bicyclic) bond motifs is 1. The van der Waals surface area contributed by atoms with E-state index in [0.29, 0.717) is 12.2 Å². The van der Waals surface area contributed by atoms with E-state index in [4.69, 9.17) is 4.98 Å². The van der Waals surface area contributed by atoms with Gasteiger partial charge in [0.2, 0.25) is 0 Å². The molecule has 158 valence electrons. The number of benzene rings is 1. The first-order chi connectivity index (χ1) is 14.4. The molecule has 0 spiro atoms. The second-order valence-corrected chi connectivity index (χ2v) is 8.48. The van der Waals surface area contributed by atoms with Crippen LogP contribution < -0.4 is 5.32 Å². The predicted molar refractivity (Wildman–Crippen MR) is 123 cm³/mol. The Balaban J connectivity index is 1.82. The standard InChI is InChI=1S/C25H32N4O/c1-6-11-29-19(5)18(4)20-14-22(25(30)28-12-8-13-28)27-24(23(20)29)26-15-21-16(2)9-7-10-17(21)3/h7,9-10,14H,6,8,11-13,15H2,1-5H3,(H,26,27). The van der Waals surface area contributed by atoms with Crippen LogP contribution in [0.25, 0.3) is 10.9 Å². The number of likely N-dealkylation sites (tertiary alicyclic amines) is 1. The molecule has 30 heavy (non-hydrogen) atoms. The summed E-state index contributed by atoms with van der Waals surface area (Å²) in [5.41, 5.74) is 7.95.